The van der Waals surface area contributed by atoms with Gasteiger partial charge in [0.2, 0.25) is 5.91 Å². The highest BCUT2D eigenvalue weighted by molar-refractivity contribution is 5.89. The Balaban J connectivity index is 2.55. The summed E-state index contributed by atoms with van der Waals surface area (Å²) in [7, 11) is 0. The number of hydrogen-bond donors (Lipinski definition) is 1. The van der Waals surface area contributed by atoms with Crippen LogP contribution < -0.4 is 5.73 Å². The van der Waals surface area contributed by atoms with Gasteiger partial charge in [0.1, 0.15) is 0 Å². The van der Waals surface area contributed by atoms with Crippen molar-refractivity contribution < 1.29 is 4.79 Å². The second kappa shape index (κ2) is 3.16. The van der Waals surface area contributed by atoms with Crippen molar-refractivity contribution >= 4 is 5.91 Å². The molecular weight excluding hydrogens is 152 g/mol. The lowest BCUT2D eigenvalue weighted by Crippen LogP contribution is -2.45. The first kappa shape index (κ1) is 9.08. The first-order chi connectivity index (χ1) is 5.64. The summed E-state index contributed by atoms with van der Waals surface area (Å²) >= 11 is 0. The van der Waals surface area contributed by atoms with Gasteiger partial charge in [0.05, 0.1) is 12.1 Å². The number of carbonyl (C=O) groups is 1. The van der Waals surface area contributed by atoms with Crippen molar-refractivity contribution in [2.75, 3.05) is 13.1 Å². The highest BCUT2D eigenvalue weighted by Gasteiger charge is 2.47. The highest BCUT2D eigenvalue weighted by atomic mass is 16.2. The molecule has 0 bridgehead atoms. The molecule has 0 radical (unpaired) electrons. The van der Waals surface area contributed by atoms with Crippen LogP contribution in [0, 0.1) is 12.3 Å². The molecule has 0 aliphatic heterocycles. The van der Waals surface area contributed by atoms with E-state index in [1.165, 1.54) is 0 Å². The Morgan fingerprint density at radius 2 is 2.33 bits per heavy atom. The van der Waals surface area contributed by atoms with Gasteiger partial charge in [-0.1, -0.05) is 5.92 Å². The lowest BCUT2D eigenvalue weighted by Gasteiger charge is -2.21. The molecule has 3 heteroatoms. The molecule has 1 amide bonds. The lowest BCUT2D eigenvalue weighted by molar-refractivity contribution is -0.132. The van der Waals surface area contributed by atoms with Crippen molar-refractivity contribution in [3.8, 4) is 12.3 Å². The molecule has 0 heterocycles. The minimum Gasteiger partial charge on any atom is -0.330 e. The lowest BCUT2D eigenvalue weighted by atomic mass is 10.2. The fourth-order valence-corrected chi connectivity index (χ4v) is 1.10. The molecule has 0 unspecified atom stereocenters. The van der Waals surface area contributed by atoms with Crippen LogP contribution in [-0.2, 0) is 4.79 Å². The number of carbonyl (C=O) groups excluding carboxylic acids is 1. The van der Waals surface area contributed by atoms with Crippen LogP contribution in [0.25, 0.3) is 0 Å². The average Bonchev–Trinajstić information content (AvgIpc) is 2.79. The Labute approximate surface area is 72.9 Å². The zero-order valence-electron chi connectivity index (χ0n) is 7.34. The van der Waals surface area contributed by atoms with E-state index in [2.05, 4.69) is 5.92 Å². The monoisotopic (exact) mass is 166 g/mol. The van der Waals surface area contributed by atoms with E-state index in [1.807, 2.05) is 6.92 Å². The van der Waals surface area contributed by atoms with Gasteiger partial charge >= 0.3 is 0 Å². The van der Waals surface area contributed by atoms with Crippen LogP contribution in [0.15, 0.2) is 0 Å². The maximum atomic E-state index is 11.6. The number of likely N-dealkylation sites (N-methyl/N-ethyl adjacent to an activating group) is 1. The summed E-state index contributed by atoms with van der Waals surface area (Å²) in [5.41, 5.74) is 5.16. The Kier molecular flexibility index (Phi) is 2.39. The van der Waals surface area contributed by atoms with Crippen molar-refractivity contribution in [3.05, 3.63) is 0 Å². The molecule has 12 heavy (non-hydrogen) atoms. The van der Waals surface area contributed by atoms with E-state index < -0.39 is 5.54 Å². The predicted octanol–water partition coefficient (Wildman–Crippen LogP) is -0.0406. The van der Waals surface area contributed by atoms with Gasteiger partial charge in [0.25, 0.3) is 0 Å². The van der Waals surface area contributed by atoms with Gasteiger partial charge < -0.3 is 10.6 Å². The third kappa shape index (κ3) is 1.59. The van der Waals surface area contributed by atoms with Gasteiger partial charge in [-0.25, -0.2) is 0 Å². The number of nitrogens with zero attached hydrogens (tertiary/aromatic N) is 1. The minimum absolute atomic E-state index is 0.00273. The SMILES string of the molecule is C#CCN(CC)C(=O)C1(N)CC1. The maximum absolute atomic E-state index is 11.6. The average molecular weight is 166 g/mol. The van der Waals surface area contributed by atoms with Crippen molar-refractivity contribution in [2.45, 2.75) is 25.3 Å². The fraction of sp³-hybridized carbons (Fsp3) is 0.667. The van der Waals surface area contributed by atoms with Crippen LogP contribution in [0.1, 0.15) is 19.8 Å². The van der Waals surface area contributed by atoms with Gasteiger partial charge in [0, 0.05) is 6.54 Å². The molecule has 2 N–H and O–H groups in total. The van der Waals surface area contributed by atoms with Crippen molar-refractivity contribution in [1.29, 1.82) is 0 Å². The van der Waals surface area contributed by atoms with Crippen LogP contribution in [0.5, 0.6) is 0 Å². The molecule has 1 rings (SSSR count). The van der Waals surface area contributed by atoms with Crippen LogP contribution in [0.4, 0.5) is 0 Å². The third-order valence-corrected chi connectivity index (χ3v) is 2.17. The molecule has 0 aromatic heterocycles. The zero-order valence-corrected chi connectivity index (χ0v) is 7.34. The molecule has 1 aliphatic rings. The van der Waals surface area contributed by atoms with E-state index in [0.29, 0.717) is 13.1 Å². The molecule has 0 aromatic rings. The molecule has 0 spiro atoms. The van der Waals surface area contributed by atoms with Gasteiger partial charge in [-0.05, 0) is 19.8 Å². The molecule has 0 aromatic carbocycles. The number of amides is 1. The maximum Gasteiger partial charge on any atom is 0.243 e. The van der Waals surface area contributed by atoms with Crippen LogP contribution in [0.3, 0.4) is 0 Å². The fourth-order valence-electron chi connectivity index (χ4n) is 1.10. The molecule has 1 aliphatic carbocycles. The molecular formula is C9H14N2O. The Hall–Kier alpha value is -1.01. The molecule has 3 nitrogen and oxygen atoms in total. The smallest absolute Gasteiger partial charge is 0.243 e. The molecule has 66 valence electrons. The third-order valence-electron chi connectivity index (χ3n) is 2.17. The van der Waals surface area contributed by atoms with Crippen molar-refractivity contribution in [2.24, 2.45) is 5.73 Å². The second-order valence-corrected chi connectivity index (χ2v) is 3.18. The Morgan fingerprint density at radius 3 is 2.67 bits per heavy atom. The van der Waals surface area contributed by atoms with Crippen LogP contribution in [0.2, 0.25) is 0 Å². The summed E-state index contributed by atoms with van der Waals surface area (Å²) in [6, 6.07) is 0. The number of terminal acetylenes is 1. The van der Waals surface area contributed by atoms with E-state index in [9.17, 15) is 4.79 Å². The van der Waals surface area contributed by atoms with Gasteiger partial charge in [-0.2, -0.15) is 0 Å². The van der Waals surface area contributed by atoms with E-state index in [1.54, 1.807) is 4.90 Å². The van der Waals surface area contributed by atoms with Crippen molar-refractivity contribution in [1.82, 2.24) is 4.90 Å². The summed E-state index contributed by atoms with van der Waals surface area (Å²) in [6.07, 6.45) is 6.72. The zero-order chi connectivity index (χ0) is 9.19. The molecule has 1 saturated carbocycles. The predicted molar refractivity (Wildman–Crippen MR) is 47.2 cm³/mol. The van der Waals surface area contributed by atoms with E-state index >= 15 is 0 Å². The van der Waals surface area contributed by atoms with Gasteiger partial charge in [-0.3, -0.25) is 4.79 Å². The number of nitrogens with two attached hydrogens (primary N) is 1. The number of hydrogen-bond acceptors (Lipinski definition) is 2. The van der Waals surface area contributed by atoms with Crippen LogP contribution >= 0.6 is 0 Å². The second-order valence-electron chi connectivity index (χ2n) is 3.18. The number of rotatable bonds is 3. The summed E-state index contributed by atoms with van der Waals surface area (Å²) < 4.78 is 0. The molecule has 0 saturated heterocycles. The summed E-state index contributed by atoms with van der Waals surface area (Å²) in [5, 5.41) is 0. The Bertz CT molecular complexity index is 225. The Morgan fingerprint density at radius 1 is 1.75 bits per heavy atom. The topological polar surface area (TPSA) is 46.3 Å². The van der Waals surface area contributed by atoms with E-state index in [0.717, 1.165) is 12.8 Å². The first-order valence-electron chi connectivity index (χ1n) is 4.16. The molecule has 0 atom stereocenters. The quantitative estimate of drug-likeness (QED) is 0.598. The van der Waals surface area contributed by atoms with Gasteiger partial charge in [-0.15, -0.1) is 6.42 Å². The summed E-state index contributed by atoms with van der Waals surface area (Å²) in [6.45, 7) is 2.91. The first-order valence-corrected chi connectivity index (χ1v) is 4.16. The van der Waals surface area contributed by atoms with Crippen LogP contribution in [-0.4, -0.2) is 29.4 Å². The standard InChI is InChI=1S/C9H14N2O/c1-3-7-11(4-2)8(12)9(10)5-6-9/h1H,4-7,10H2,2H3. The van der Waals surface area contributed by atoms with E-state index in [4.69, 9.17) is 12.2 Å². The minimum atomic E-state index is -0.577. The summed E-state index contributed by atoms with van der Waals surface area (Å²) in [5.74, 6) is 2.45. The summed E-state index contributed by atoms with van der Waals surface area (Å²) in [4.78, 5) is 13.2. The normalized spacial score (nSPS) is 18.1. The highest BCUT2D eigenvalue weighted by Crippen LogP contribution is 2.33. The van der Waals surface area contributed by atoms with Gasteiger partial charge in [0.15, 0.2) is 0 Å². The van der Waals surface area contributed by atoms with E-state index in [-0.39, 0.29) is 5.91 Å². The van der Waals surface area contributed by atoms with Crippen molar-refractivity contribution in [3.63, 3.8) is 0 Å². The molecule has 1 fully saturated rings. The largest absolute Gasteiger partial charge is 0.330 e.